The normalized spacial score (nSPS) is 15.0. The lowest BCUT2D eigenvalue weighted by atomic mass is 9.95. The van der Waals surface area contributed by atoms with Crippen LogP contribution >= 0.6 is 0 Å². The summed E-state index contributed by atoms with van der Waals surface area (Å²) in [4.78, 5) is 35.9. The Hall–Kier alpha value is -1.89. The first-order valence-electron chi connectivity index (χ1n) is 19.3. The van der Waals surface area contributed by atoms with Gasteiger partial charge in [0.05, 0.1) is 32.1 Å². The van der Waals surface area contributed by atoms with Gasteiger partial charge in [0.2, 0.25) is 0 Å². The Morgan fingerprint density at radius 2 is 0.848 bits per heavy atom. The second-order valence-electron chi connectivity index (χ2n) is 14.0. The Morgan fingerprint density at radius 3 is 1.13 bits per heavy atom. The van der Waals surface area contributed by atoms with Crippen molar-refractivity contribution in [2.75, 3.05) is 26.2 Å². The van der Waals surface area contributed by atoms with Gasteiger partial charge in [0.15, 0.2) is 0 Å². The SMILES string of the molecule is C/C=C/CCCCCCCCCCCCCCCCCCCCC[N+](CC(CC)C(=O)[O-])(CC(CC)C(=O)O)CC(CC)C(=O)O. The van der Waals surface area contributed by atoms with E-state index in [0.29, 0.717) is 25.8 Å². The number of carbonyl (C=O) groups excluding carboxylic acids is 1. The fourth-order valence-electron chi connectivity index (χ4n) is 6.92. The van der Waals surface area contributed by atoms with Gasteiger partial charge < -0.3 is 24.6 Å². The highest BCUT2D eigenvalue weighted by Crippen LogP contribution is 2.25. The van der Waals surface area contributed by atoms with Crippen molar-refractivity contribution in [3.8, 4) is 0 Å². The second-order valence-corrected chi connectivity index (χ2v) is 14.0. The number of carboxylic acid groups (broad SMARTS) is 3. The molecule has 7 nitrogen and oxygen atoms in total. The Balaban J connectivity index is 4.39. The fraction of sp³-hybridized carbons (Fsp3) is 0.872. The summed E-state index contributed by atoms with van der Waals surface area (Å²) in [5.41, 5.74) is 0. The molecule has 0 fully saturated rings. The number of aliphatic carboxylic acids is 3. The van der Waals surface area contributed by atoms with Gasteiger partial charge in [0.25, 0.3) is 0 Å². The third-order valence-electron chi connectivity index (χ3n) is 10.1. The van der Waals surface area contributed by atoms with Crippen LogP contribution in [0.25, 0.3) is 0 Å². The van der Waals surface area contributed by atoms with Gasteiger partial charge in [-0.1, -0.05) is 136 Å². The van der Waals surface area contributed by atoms with Crippen molar-refractivity contribution in [2.45, 2.75) is 175 Å². The summed E-state index contributed by atoms with van der Waals surface area (Å²) in [6.07, 6.45) is 31.3. The number of quaternary nitrogens is 1. The standard InChI is InChI=1S/C39H73NO6/c1-5-9-10-11-12-13-14-15-16-17-18-19-20-21-22-23-24-25-26-27-28-29-30-40(31-34(6-2)37(41)42,32-35(7-3)38(43)44)33-36(8-4)39(45)46/h5,9,34-36H,6-8,10-33H2,1-4H3,(H2-,41,42,43,44,45,46)/b9-5+. The van der Waals surface area contributed by atoms with Crippen LogP contribution in [0.5, 0.6) is 0 Å². The van der Waals surface area contributed by atoms with Crippen LogP contribution in [0.2, 0.25) is 0 Å². The van der Waals surface area contributed by atoms with Gasteiger partial charge in [0.1, 0.15) is 11.8 Å². The van der Waals surface area contributed by atoms with Gasteiger partial charge in [-0.05, 0) is 51.9 Å². The van der Waals surface area contributed by atoms with Gasteiger partial charge in [-0.25, -0.2) is 0 Å². The molecule has 270 valence electrons. The summed E-state index contributed by atoms with van der Waals surface area (Å²) in [5.74, 6) is -4.93. The molecule has 0 aromatic rings. The summed E-state index contributed by atoms with van der Waals surface area (Å²) in [6, 6.07) is 0. The molecule has 0 aliphatic heterocycles. The highest BCUT2D eigenvalue weighted by molar-refractivity contribution is 5.70. The Bertz CT molecular complexity index is 738. The molecule has 0 aliphatic carbocycles. The van der Waals surface area contributed by atoms with Crippen molar-refractivity contribution in [1.29, 1.82) is 0 Å². The second kappa shape index (κ2) is 29.3. The largest absolute Gasteiger partial charge is 0.550 e. The number of rotatable bonds is 34. The number of carboxylic acids is 3. The maximum Gasteiger partial charge on any atom is 0.312 e. The number of carbonyl (C=O) groups is 3. The van der Waals surface area contributed by atoms with Gasteiger partial charge >= 0.3 is 11.9 Å². The van der Waals surface area contributed by atoms with Crippen LogP contribution < -0.4 is 5.11 Å². The molecule has 0 heterocycles. The zero-order chi connectivity index (χ0) is 34.5. The molecule has 0 saturated carbocycles. The van der Waals surface area contributed by atoms with E-state index < -0.39 is 35.7 Å². The Morgan fingerprint density at radius 1 is 0.543 bits per heavy atom. The molecule has 0 aromatic heterocycles. The molecular weight excluding hydrogens is 578 g/mol. The van der Waals surface area contributed by atoms with Crippen LogP contribution in [0.3, 0.4) is 0 Å². The third kappa shape index (κ3) is 22.6. The smallest absolute Gasteiger partial charge is 0.312 e. The van der Waals surface area contributed by atoms with Gasteiger partial charge in [-0.15, -0.1) is 0 Å². The number of allylic oxidation sites excluding steroid dienone is 2. The van der Waals surface area contributed by atoms with Crippen molar-refractivity contribution in [3.05, 3.63) is 12.2 Å². The van der Waals surface area contributed by atoms with Crippen molar-refractivity contribution in [3.63, 3.8) is 0 Å². The number of nitrogens with zero attached hydrogens (tertiary/aromatic N) is 1. The molecule has 2 N–H and O–H groups in total. The molecule has 0 radical (unpaired) electrons. The van der Waals surface area contributed by atoms with E-state index in [0.717, 1.165) is 19.3 Å². The summed E-state index contributed by atoms with van der Waals surface area (Å²) in [7, 11) is 0. The minimum atomic E-state index is -1.13. The van der Waals surface area contributed by atoms with Crippen molar-refractivity contribution in [2.24, 2.45) is 17.8 Å². The molecule has 0 rings (SSSR count). The predicted molar refractivity (Wildman–Crippen MR) is 189 cm³/mol. The van der Waals surface area contributed by atoms with Crippen LogP contribution in [0, 0.1) is 17.8 Å². The van der Waals surface area contributed by atoms with Crippen molar-refractivity contribution < 1.29 is 34.2 Å². The lowest BCUT2D eigenvalue weighted by Gasteiger charge is -2.44. The average molecular weight is 652 g/mol. The maximum atomic E-state index is 12.0. The molecule has 0 amide bonds. The van der Waals surface area contributed by atoms with E-state index >= 15 is 0 Å². The van der Waals surface area contributed by atoms with Crippen LogP contribution in [0.15, 0.2) is 12.2 Å². The minimum absolute atomic E-state index is 0.222. The maximum absolute atomic E-state index is 12.0. The first-order valence-corrected chi connectivity index (χ1v) is 19.3. The summed E-state index contributed by atoms with van der Waals surface area (Å²) >= 11 is 0. The van der Waals surface area contributed by atoms with E-state index in [-0.39, 0.29) is 24.1 Å². The first-order chi connectivity index (χ1) is 22.2. The molecule has 3 atom stereocenters. The van der Waals surface area contributed by atoms with Crippen molar-refractivity contribution in [1.82, 2.24) is 0 Å². The molecule has 3 unspecified atom stereocenters. The zero-order valence-electron chi connectivity index (χ0n) is 30.5. The molecule has 46 heavy (non-hydrogen) atoms. The molecular formula is C39H73NO6. The summed E-state index contributed by atoms with van der Waals surface area (Å²) in [6.45, 7) is 8.91. The zero-order valence-corrected chi connectivity index (χ0v) is 30.5. The quantitative estimate of drug-likeness (QED) is 0.0407. The Labute approximate surface area is 283 Å². The van der Waals surface area contributed by atoms with Gasteiger partial charge in [-0.3, -0.25) is 9.59 Å². The highest BCUT2D eigenvalue weighted by atomic mass is 16.4. The van der Waals surface area contributed by atoms with Crippen LogP contribution in [0.4, 0.5) is 0 Å². The molecule has 0 aromatic carbocycles. The first kappa shape index (κ1) is 44.1. The Kier molecular flexibility index (Phi) is 28.1. The summed E-state index contributed by atoms with van der Waals surface area (Å²) in [5, 5.41) is 31.6. The third-order valence-corrected chi connectivity index (χ3v) is 10.1. The lowest BCUT2D eigenvalue weighted by molar-refractivity contribution is -0.935. The van der Waals surface area contributed by atoms with E-state index in [9.17, 15) is 29.7 Å². The summed E-state index contributed by atoms with van der Waals surface area (Å²) < 4.78 is 0.222. The van der Waals surface area contributed by atoms with E-state index in [2.05, 4.69) is 19.1 Å². The topological polar surface area (TPSA) is 115 Å². The van der Waals surface area contributed by atoms with Gasteiger partial charge in [0, 0.05) is 5.92 Å². The number of hydrogen-bond acceptors (Lipinski definition) is 4. The van der Waals surface area contributed by atoms with Crippen LogP contribution in [-0.2, 0) is 14.4 Å². The monoisotopic (exact) mass is 652 g/mol. The number of hydrogen-bond donors (Lipinski definition) is 2. The highest BCUT2D eigenvalue weighted by Gasteiger charge is 2.39. The molecule has 0 spiro atoms. The molecule has 0 bridgehead atoms. The molecule has 7 heteroatoms. The van der Waals surface area contributed by atoms with Crippen LogP contribution in [-0.4, -0.2) is 58.8 Å². The number of unbranched alkanes of at least 4 members (excludes halogenated alkanes) is 19. The van der Waals surface area contributed by atoms with E-state index in [1.807, 2.05) is 13.8 Å². The molecule has 0 aliphatic rings. The average Bonchev–Trinajstić information content (AvgIpc) is 3.03. The van der Waals surface area contributed by atoms with E-state index in [1.165, 1.54) is 109 Å². The minimum Gasteiger partial charge on any atom is -0.550 e. The van der Waals surface area contributed by atoms with Crippen molar-refractivity contribution >= 4 is 17.9 Å². The molecule has 0 saturated heterocycles. The lowest BCUT2D eigenvalue weighted by Crippen LogP contribution is -2.59. The van der Waals surface area contributed by atoms with E-state index in [1.54, 1.807) is 6.92 Å². The van der Waals surface area contributed by atoms with Gasteiger partial charge in [-0.2, -0.15) is 0 Å². The fourth-order valence-corrected chi connectivity index (χ4v) is 6.92. The van der Waals surface area contributed by atoms with Crippen LogP contribution in [0.1, 0.15) is 175 Å². The van der Waals surface area contributed by atoms with E-state index in [4.69, 9.17) is 0 Å². The predicted octanol–water partition coefficient (Wildman–Crippen LogP) is 9.18.